The first kappa shape index (κ1) is 127. The summed E-state index contributed by atoms with van der Waals surface area (Å²) in [6.07, 6.45) is -10.7. The van der Waals surface area contributed by atoms with Gasteiger partial charge in [-0.1, -0.05) is 230 Å². The molecule has 798 valence electrons. The minimum absolute atomic E-state index is 0.0231. The number of alkyl carbamates (subject to hydrolysis) is 2. The number of nitrogens with one attached hydrogen (secondary N) is 2. The quantitative estimate of drug-likeness (QED) is 0.0179. The number of halogens is 6. The van der Waals surface area contributed by atoms with Crippen LogP contribution in [0, 0.1) is 0 Å². The van der Waals surface area contributed by atoms with Crippen LogP contribution in [0.2, 0.25) is 0 Å². The first-order chi connectivity index (χ1) is 65.5. The Morgan fingerprint density at radius 2 is 0.838 bits per heavy atom. The fourth-order valence-electron chi connectivity index (χ4n) is 14.0. The molecule has 0 spiro atoms. The van der Waals surface area contributed by atoms with Crippen LogP contribution in [0.5, 0.6) is 11.5 Å². The van der Waals surface area contributed by atoms with Crippen LogP contribution >= 0.6 is 69.6 Å². The van der Waals surface area contributed by atoms with Gasteiger partial charge in [0.15, 0.2) is 43.5 Å². The molecule has 2 amide bonds. The van der Waals surface area contributed by atoms with Gasteiger partial charge in [0.25, 0.3) is 0 Å². The number of esters is 2. The van der Waals surface area contributed by atoms with Gasteiger partial charge in [0, 0.05) is 93.1 Å². The van der Waals surface area contributed by atoms with E-state index in [1.165, 1.54) is 21.0 Å². The Labute approximate surface area is 842 Å². The fraction of sp³-hybridized carbons (Fsp3) is 0.897. The number of benzene rings is 1. The third-order valence-electron chi connectivity index (χ3n) is 21.9. The summed E-state index contributed by atoms with van der Waals surface area (Å²) in [7, 11) is 1.51. The van der Waals surface area contributed by atoms with E-state index in [0.717, 1.165) is 83.5 Å². The van der Waals surface area contributed by atoms with Gasteiger partial charge in [-0.25, -0.2) is 9.59 Å². The first-order valence-electron chi connectivity index (χ1n) is 50.2. The molecule has 2 aliphatic rings. The first-order valence-corrected chi connectivity index (χ1v) is 52.4. The molecule has 0 aromatic heterocycles. The van der Waals surface area contributed by atoms with Crippen LogP contribution in [-0.2, 0) is 123 Å². The molecular formula is C97H172Cl6N2O31. The molecule has 2 saturated heterocycles. The largest absolute Gasteiger partial charge is 0.497 e. The lowest BCUT2D eigenvalue weighted by molar-refractivity contribution is -0.349. The Kier molecular flexibility index (Phi) is 72.7. The van der Waals surface area contributed by atoms with Crippen molar-refractivity contribution in [3.05, 3.63) is 24.3 Å². The van der Waals surface area contributed by atoms with Crippen molar-refractivity contribution in [2.45, 2.75) is 414 Å². The number of hydrogen-bond acceptors (Lipinski definition) is 31. The zero-order chi connectivity index (χ0) is 100. The number of unbranched alkanes of at least 4 members (excludes halogenated alkanes) is 12. The SMILES string of the molecule is CCCCOCC1O[C@@H](OC(C(OCCCC)[C@@H](CCO[C@H](OC(COCCCC)[C@H](C)O[C@@H]2OC(COCCCC)[C@H](OCCCC)C(OCCCC)[C@@H]2OC(C)=O)[C@H](COCCCC)NC(=O)OCC(Cl)(Cl)Cl)OCCCC)[C@H](O)Oc2ccc(OC)cc2)[C@@H](NC(=O)OCC(Cl)(Cl)Cl)C(OCCCC)[C@@H]1O[C@H](OC(COCCCC)[C@@H](C)OCCCC)[C@H](COCCCC)OC(C)=O. The highest BCUT2D eigenvalue weighted by atomic mass is 35.6. The number of alkyl halides is 6. The smallest absolute Gasteiger partial charge is 0.407 e. The van der Waals surface area contributed by atoms with Gasteiger partial charge >= 0.3 is 24.1 Å². The van der Waals surface area contributed by atoms with Crippen molar-refractivity contribution in [1.29, 1.82) is 0 Å². The minimum Gasteiger partial charge on any atom is -0.497 e. The molecule has 8 unspecified atom stereocenters. The predicted molar refractivity (Wildman–Crippen MR) is 521 cm³/mol. The van der Waals surface area contributed by atoms with Gasteiger partial charge in [-0.05, 0) is 122 Å². The highest BCUT2D eigenvalue weighted by molar-refractivity contribution is 6.68. The number of methoxy groups -OCH3 is 1. The zero-order valence-corrected chi connectivity index (χ0v) is 89.0. The van der Waals surface area contributed by atoms with Crippen molar-refractivity contribution < 1.29 is 147 Å². The van der Waals surface area contributed by atoms with Gasteiger partial charge < -0.3 is 139 Å². The molecule has 2 aliphatic heterocycles. The summed E-state index contributed by atoms with van der Waals surface area (Å²) < 4.78 is 169. The van der Waals surface area contributed by atoms with Gasteiger partial charge in [-0.15, -0.1) is 0 Å². The monoisotopic (exact) mass is 2070 g/mol. The topological polar surface area (TPSA) is 353 Å². The maximum atomic E-state index is 15.0. The summed E-state index contributed by atoms with van der Waals surface area (Å²) in [4.78, 5) is 56.4. The average Bonchev–Trinajstić information content (AvgIpc) is 0.784. The minimum atomic E-state index is -2.11. The van der Waals surface area contributed by atoms with E-state index in [2.05, 4.69) is 38.3 Å². The number of carbonyl (C=O) groups is 4. The molecule has 2 fully saturated rings. The highest BCUT2D eigenvalue weighted by Crippen LogP contribution is 2.37. The van der Waals surface area contributed by atoms with Crippen LogP contribution in [0.4, 0.5) is 9.59 Å². The summed E-state index contributed by atoms with van der Waals surface area (Å²) in [5.41, 5.74) is 0. The van der Waals surface area contributed by atoms with Crippen LogP contribution in [0.25, 0.3) is 0 Å². The molecule has 22 atom stereocenters. The number of aliphatic hydroxyl groups excluding tert-OH is 1. The number of rotatable bonds is 84. The van der Waals surface area contributed by atoms with Crippen LogP contribution in [-0.4, -0.2) is 318 Å². The van der Waals surface area contributed by atoms with Crippen molar-refractivity contribution in [2.24, 2.45) is 0 Å². The maximum Gasteiger partial charge on any atom is 0.407 e. The Hall–Kier alpha value is -2.80. The average molecular weight is 2080 g/mol. The van der Waals surface area contributed by atoms with E-state index in [0.29, 0.717) is 109 Å². The van der Waals surface area contributed by atoms with E-state index < -0.39 is 180 Å². The third-order valence-corrected chi connectivity index (χ3v) is 22.5. The Bertz CT molecular complexity index is 3100. The van der Waals surface area contributed by atoms with Crippen molar-refractivity contribution >= 4 is 93.7 Å². The number of ether oxygens (including phenoxy) is 26. The molecule has 1 aromatic rings. The summed E-state index contributed by atoms with van der Waals surface area (Å²) in [5.74, 6) is -0.690. The van der Waals surface area contributed by atoms with E-state index in [1.54, 1.807) is 31.2 Å². The molecule has 0 radical (unpaired) electrons. The van der Waals surface area contributed by atoms with E-state index in [4.69, 9.17) is 193 Å². The van der Waals surface area contributed by atoms with Crippen molar-refractivity contribution in [3.63, 3.8) is 0 Å². The van der Waals surface area contributed by atoms with E-state index >= 15 is 0 Å². The van der Waals surface area contributed by atoms with Crippen LogP contribution in [0.3, 0.4) is 0 Å². The predicted octanol–water partition coefficient (Wildman–Crippen LogP) is 18.7. The number of hydrogen-bond donors (Lipinski definition) is 3. The van der Waals surface area contributed by atoms with Gasteiger partial charge in [0.05, 0.1) is 71.7 Å². The van der Waals surface area contributed by atoms with Crippen molar-refractivity contribution in [2.75, 3.05) is 146 Å². The van der Waals surface area contributed by atoms with Gasteiger partial charge in [0.1, 0.15) is 91.7 Å². The molecule has 3 N–H and O–H groups in total. The summed E-state index contributed by atoms with van der Waals surface area (Å²) in [6.45, 7) is 31.1. The van der Waals surface area contributed by atoms with Gasteiger partial charge in [0.2, 0.25) is 13.9 Å². The maximum absolute atomic E-state index is 15.0. The number of amides is 2. The zero-order valence-electron chi connectivity index (χ0n) is 84.5. The van der Waals surface area contributed by atoms with E-state index in [-0.39, 0.29) is 105 Å². The van der Waals surface area contributed by atoms with Crippen molar-refractivity contribution in [1.82, 2.24) is 10.6 Å². The molecule has 39 heteroatoms. The Morgan fingerprint density at radius 3 is 1.34 bits per heavy atom. The standard InChI is InChI=1S/C97H172Cl6N2O31/c1-18-30-47-112-60-74(104-94(109)125-66-96(98,99)100)90(131-77(62-114-49-32-20-3)69(14)127-93-88(129-71(16)107)86(123-58-41-29-12)83(121-56-39-27-10)78(134-93)63-115-50-33-21-4)124-59-46-75(119-54-37-25-8)82(120-55-38-26-9)87(89(108)130-73-44-42-72(111-17)43-45-73)136-92-81(105-95(110)126-67-97(101,102)103)85(122-57-40-28-11)84(79(133-92)64-116-51-34-22-5)135-91(80(128-70(15)106)65-117-52-35-23-6)132-76(61-113-48-31-19-2)68(13)118-53-36-24-7/h42-45,68-69,74-93,108H,18-41,46-67H2,1-17H3,(H,104,109)(H,105,110)/t68-,69+,74+,75-,76?,77?,78?,79?,80+,81+,82?,83+,84-,85?,86?,87?,88+,89-,90-,91+,92+,93-/m1/s1. The Morgan fingerprint density at radius 1 is 0.412 bits per heavy atom. The second kappa shape index (κ2) is 77.6. The lowest BCUT2D eigenvalue weighted by Crippen LogP contribution is -2.68. The normalized spacial score (nSPS) is 21.5. The molecule has 33 nitrogen and oxygen atoms in total. The van der Waals surface area contributed by atoms with Gasteiger partial charge in [-0.3, -0.25) is 9.59 Å². The van der Waals surface area contributed by atoms with Gasteiger partial charge in [-0.2, -0.15) is 0 Å². The fourth-order valence-corrected chi connectivity index (χ4v) is 14.3. The molecule has 3 rings (SSSR count). The lowest BCUT2D eigenvalue weighted by atomic mass is 9.95. The molecule has 136 heavy (non-hydrogen) atoms. The van der Waals surface area contributed by atoms with E-state index in [9.17, 15) is 24.3 Å². The summed E-state index contributed by atoms with van der Waals surface area (Å²) in [5, 5.41) is 19.3. The van der Waals surface area contributed by atoms with Crippen LogP contribution in [0.1, 0.15) is 271 Å². The van der Waals surface area contributed by atoms with Crippen molar-refractivity contribution in [3.8, 4) is 11.5 Å². The molecule has 2 heterocycles. The van der Waals surface area contributed by atoms with Crippen LogP contribution in [0.15, 0.2) is 24.3 Å². The molecular weight excluding hydrogens is 1900 g/mol. The number of aliphatic hydroxyl groups is 1. The Balaban J connectivity index is 2.67. The number of carbonyl (C=O) groups excluding carboxylic acids is 4. The summed E-state index contributed by atoms with van der Waals surface area (Å²) >= 11 is 37.7. The van der Waals surface area contributed by atoms with Crippen LogP contribution < -0.4 is 20.1 Å². The molecule has 0 saturated carbocycles. The highest BCUT2D eigenvalue weighted by Gasteiger charge is 2.55. The second-order valence-electron chi connectivity index (χ2n) is 34.1. The summed E-state index contributed by atoms with van der Waals surface area (Å²) in [6, 6.07) is 3.63. The lowest BCUT2D eigenvalue weighted by Gasteiger charge is -2.49. The third kappa shape index (κ3) is 54.9. The second-order valence-corrected chi connectivity index (χ2v) is 39.1. The molecule has 1 aromatic carbocycles. The molecule has 0 bridgehead atoms. The molecule has 0 aliphatic carbocycles. The van der Waals surface area contributed by atoms with E-state index in [1.807, 2.05) is 62.3 Å².